The van der Waals surface area contributed by atoms with Gasteiger partial charge in [0.1, 0.15) is 0 Å². The SMILES string of the molecule is COc1cc2c(cc1OC)CCN(C(=O)CCc1ccsc1)CC2. The van der Waals surface area contributed by atoms with Crippen molar-refractivity contribution < 1.29 is 14.3 Å². The number of ether oxygens (including phenoxy) is 2. The normalized spacial score (nSPS) is 14.0. The molecule has 1 amide bonds. The first kappa shape index (κ1) is 16.8. The topological polar surface area (TPSA) is 38.8 Å². The lowest BCUT2D eigenvalue weighted by molar-refractivity contribution is -0.131. The smallest absolute Gasteiger partial charge is 0.222 e. The molecule has 1 aliphatic heterocycles. The van der Waals surface area contributed by atoms with Crippen LogP contribution in [-0.4, -0.2) is 38.1 Å². The molecule has 3 rings (SSSR count). The highest BCUT2D eigenvalue weighted by Gasteiger charge is 2.20. The van der Waals surface area contributed by atoms with Gasteiger partial charge >= 0.3 is 0 Å². The Labute approximate surface area is 147 Å². The first-order valence-corrected chi connectivity index (χ1v) is 9.18. The molecule has 4 nitrogen and oxygen atoms in total. The molecule has 0 saturated heterocycles. The van der Waals surface area contributed by atoms with Gasteiger partial charge in [-0.05, 0) is 64.9 Å². The van der Waals surface area contributed by atoms with Gasteiger partial charge in [-0.25, -0.2) is 0 Å². The lowest BCUT2D eigenvalue weighted by Gasteiger charge is -2.20. The monoisotopic (exact) mass is 345 g/mol. The minimum Gasteiger partial charge on any atom is -0.493 e. The van der Waals surface area contributed by atoms with E-state index < -0.39 is 0 Å². The minimum absolute atomic E-state index is 0.243. The second kappa shape index (κ2) is 7.71. The standard InChI is InChI=1S/C19H23NO3S/c1-22-17-11-15-5-8-20(9-6-16(15)12-18(17)23-2)19(21)4-3-14-7-10-24-13-14/h7,10-13H,3-6,8-9H2,1-2H3. The number of thiophene rings is 1. The Balaban J connectivity index is 1.65. The number of methoxy groups -OCH3 is 2. The van der Waals surface area contributed by atoms with Crippen LogP contribution in [-0.2, 0) is 24.1 Å². The van der Waals surface area contributed by atoms with Gasteiger partial charge in [-0.3, -0.25) is 4.79 Å². The lowest BCUT2D eigenvalue weighted by Crippen LogP contribution is -2.33. The summed E-state index contributed by atoms with van der Waals surface area (Å²) in [6, 6.07) is 6.19. The van der Waals surface area contributed by atoms with Gasteiger partial charge in [0, 0.05) is 19.5 Å². The van der Waals surface area contributed by atoms with Crippen molar-refractivity contribution in [1.82, 2.24) is 4.90 Å². The second-order valence-electron chi connectivity index (χ2n) is 5.99. The molecular formula is C19H23NO3S. The molecule has 0 aliphatic carbocycles. The predicted octanol–water partition coefficient (Wildman–Crippen LogP) is 3.33. The maximum absolute atomic E-state index is 12.5. The van der Waals surface area contributed by atoms with E-state index in [1.165, 1.54) is 16.7 Å². The average molecular weight is 345 g/mol. The Morgan fingerprint density at radius 2 is 1.75 bits per heavy atom. The fraction of sp³-hybridized carbons (Fsp3) is 0.421. The van der Waals surface area contributed by atoms with Crippen LogP contribution in [0.5, 0.6) is 11.5 Å². The third kappa shape index (κ3) is 3.73. The van der Waals surface area contributed by atoms with E-state index in [1.54, 1.807) is 25.6 Å². The zero-order valence-electron chi connectivity index (χ0n) is 14.2. The van der Waals surface area contributed by atoms with Crippen LogP contribution in [0.15, 0.2) is 29.0 Å². The van der Waals surface area contributed by atoms with Crippen LogP contribution < -0.4 is 9.47 Å². The highest BCUT2D eigenvalue weighted by Crippen LogP contribution is 2.32. The van der Waals surface area contributed by atoms with Gasteiger partial charge in [-0.1, -0.05) is 0 Å². The Morgan fingerprint density at radius 1 is 1.12 bits per heavy atom. The molecule has 1 aliphatic rings. The number of benzene rings is 1. The highest BCUT2D eigenvalue weighted by molar-refractivity contribution is 7.07. The van der Waals surface area contributed by atoms with Crippen LogP contribution in [0.25, 0.3) is 0 Å². The molecule has 24 heavy (non-hydrogen) atoms. The van der Waals surface area contributed by atoms with E-state index in [9.17, 15) is 4.79 Å². The van der Waals surface area contributed by atoms with Gasteiger partial charge < -0.3 is 14.4 Å². The Kier molecular flexibility index (Phi) is 5.41. The van der Waals surface area contributed by atoms with Gasteiger partial charge in [0.2, 0.25) is 5.91 Å². The molecule has 0 N–H and O–H groups in total. The van der Waals surface area contributed by atoms with E-state index in [0.29, 0.717) is 6.42 Å². The third-order valence-corrected chi connectivity index (χ3v) is 5.30. The van der Waals surface area contributed by atoms with E-state index >= 15 is 0 Å². The quantitative estimate of drug-likeness (QED) is 0.834. The Morgan fingerprint density at radius 3 is 2.25 bits per heavy atom. The maximum Gasteiger partial charge on any atom is 0.222 e. The lowest BCUT2D eigenvalue weighted by atomic mass is 10.0. The van der Waals surface area contributed by atoms with Crippen molar-refractivity contribution in [2.24, 2.45) is 0 Å². The summed E-state index contributed by atoms with van der Waals surface area (Å²) in [5, 5.41) is 4.17. The molecule has 2 aromatic rings. The summed E-state index contributed by atoms with van der Waals surface area (Å²) in [5.41, 5.74) is 3.75. The van der Waals surface area contributed by atoms with Crippen molar-refractivity contribution in [2.45, 2.75) is 25.7 Å². The predicted molar refractivity (Wildman–Crippen MR) is 96.2 cm³/mol. The fourth-order valence-corrected chi connectivity index (χ4v) is 3.85. The largest absolute Gasteiger partial charge is 0.493 e. The molecule has 0 saturated carbocycles. The maximum atomic E-state index is 12.5. The molecule has 0 radical (unpaired) electrons. The van der Waals surface area contributed by atoms with E-state index in [0.717, 1.165) is 43.9 Å². The Bertz CT molecular complexity index is 662. The summed E-state index contributed by atoms with van der Waals surface area (Å²) in [4.78, 5) is 14.5. The van der Waals surface area contributed by atoms with E-state index in [4.69, 9.17) is 9.47 Å². The van der Waals surface area contributed by atoms with E-state index in [-0.39, 0.29) is 5.91 Å². The van der Waals surface area contributed by atoms with Crippen LogP contribution in [0.1, 0.15) is 23.1 Å². The number of carbonyl (C=O) groups is 1. The van der Waals surface area contributed by atoms with Crippen molar-refractivity contribution in [3.05, 3.63) is 45.6 Å². The molecule has 1 aromatic carbocycles. The van der Waals surface area contributed by atoms with Crippen LogP contribution >= 0.6 is 11.3 Å². The summed E-state index contributed by atoms with van der Waals surface area (Å²) >= 11 is 1.68. The van der Waals surface area contributed by atoms with Crippen LogP contribution in [0.3, 0.4) is 0 Å². The van der Waals surface area contributed by atoms with Crippen molar-refractivity contribution >= 4 is 17.2 Å². The molecule has 1 aromatic heterocycles. The number of amides is 1. The number of hydrogen-bond acceptors (Lipinski definition) is 4. The fourth-order valence-electron chi connectivity index (χ4n) is 3.14. The molecule has 2 heterocycles. The molecule has 0 bridgehead atoms. The summed E-state index contributed by atoms with van der Waals surface area (Å²) in [6.45, 7) is 1.54. The third-order valence-electron chi connectivity index (χ3n) is 4.57. The van der Waals surface area contributed by atoms with Gasteiger partial charge in [0.05, 0.1) is 14.2 Å². The van der Waals surface area contributed by atoms with Gasteiger partial charge in [0.15, 0.2) is 11.5 Å². The van der Waals surface area contributed by atoms with Crippen molar-refractivity contribution in [2.75, 3.05) is 27.3 Å². The summed E-state index contributed by atoms with van der Waals surface area (Å²) in [6.07, 6.45) is 3.13. The van der Waals surface area contributed by atoms with Crippen molar-refractivity contribution in [1.29, 1.82) is 0 Å². The number of rotatable bonds is 5. The number of fused-ring (bicyclic) bond motifs is 1. The summed E-state index contributed by atoms with van der Waals surface area (Å²) in [7, 11) is 3.31. The number of aryl methyl sites for hydroxylation is 1. The van der Waals surface area contributed by atoms with Gasteiger partial charge in [0.25, 0.3) is 0 Å². The van der Waals surface area contributed by atoms with E-state index in [1.807, 2.05) is 17.0 Å². The van der Waals surface area contributed by atoms with E-state index in [2.05, 4.69) is 16.8 Å². The zero-order chi connectivity index (χ0) is 16.9. The summed E-state index contributed by atoms with van der Waals surface area (Å²) < 4.78 is 10.8. The molecule has 0 fully saturated rings. The number of hydrogen-bond donors (Lipinski definition) is 0. The minimum atomic E-state index is 0.243. The second-order valence-corrected chi connectivity index (χ2v) is 6.77. The summed E-state index contributed by atoms with van der Waals surface area (Å²) in [5.74, 6) is 1.76. The number of nitrogens with zero attached hydrogens (tertiary/aromatic N) is 1. The van der Waals surface area contributed by atoms with Crippen LogP contribution in [0.2, 0.25) is 0 Å². The van der Waals surface area contributed by atoms with Gasteiger partial charge in [-0.15, -0.1) is 0 Å². The number of carbonyl (C=O) groups excluding carboxylic acids is 1. The van der Waals surface area contributed by atoms with Crippen LogP contribution in [0.4, 0.5) is 0 Å². The first-order chi connectivity index (χ1) is 11.7. The molecule has 128 valence electrons. The van der Waals surface area contributed by atoms with Gasteiger partial charge in [-0.2, -0.15) is 11.3 Å². The highest BCUT2D eigenvalue weighted by atomic mass is 32.1. The van der Waals surface area contributed by atoms with Crippen molar-refractivity contribution in [3.63, 3.8) is 0 Å². The molecular weight excluding hydrogens is 322 g/mol. The first-order valence-electron chi connectivity index (χ1n) is 8.24. The molecule has 5 heteroatoms. The van der Waals surface area contributed by atoms with Crippen LogP contribution in [0, 0.1) is 0 Å². The average Bonchev–Trinajstić information content (AvgIpc) is 3.04. The zero-order valence-corrected chi connectivity index (χ0v) is 15.0. The Hall–Kier alpha value is -2.01. The molecule has 0 spiro atoms. The molecule has 0 atom stereocenters. The molecule has 0 unspecified atom stereocenters. The van der Waals surface area contributed by atoms with Crippen molar-refractivity contribution in [3.8, 4) is 11.5 Å².